The molecule has 5 nitrogen and oxygen atoms in total. The lowest BCUT2D eigenvalue weighted by Crippen LogP contribution is -2.24. The van der Waals surface area contributed by atoms with E-state index in [0.717, 1.165) is 22.3 Å². The molecule has 0 atom stereocenters. The van der Waals surface area contributed by atoms with Crippen LogP contribution in [0.15, 0.2) is 59.8 Å². The van der Waals surface area contributed by atoms with E-state index in [1.165, 1.54) is 0 Å². The highest BCUT2D eigenvalue weighted by molar-refractivity contribution is 7.80. The molecule has 114 valence electrons. The Bertz CT molecular complexity index is 875. The molecule has 0 aliphatic heterocycles. The number of hydrazone groups is 1. The normalized spacial score (nSPS) is 10.8. The van der Waals surface area contributed by atoms with Crippen molar-refractivity contribution >= 4 is 40.3 Å². The van der Waals surface area contributed by atoms with Crippen molar-refractivity contribution in [2.24, 2.45) is 5.10 Å². The fourth-order valence-corrected chi connectivity index (χ4v) is 2.22. The van der Waals surface area contributed by atoms with E-state index in [-0.39, 0.29) is 0 Å². The Balaban J connectivity index is 1.63. The summed E-state index contributed by atoms with van der Waals surface area (Å²) in [5, 5.41) is 7.61. The Hall–Kier alpha value is -2.86. The van der Waals surface area contributed by atoms with Crippen LogP contribution in [0.2, 0.25) is 0 Å². The maximum atomic E-state index is 5.22. The topological polar surface area (TPSA) is 62.2 Å². The van der Waals surface area contributed by atoms with Gasteiger partial charge in [-0.2, -0.15) is 5.10 Å². The molecule has 3 rings (SSSR count). The lowest BCUT2D eigenvalue weighted by molar-refractivity contribution is 1.05. The quantitative estimate of drug-likeness (QED) is 0.440. The standard InChI is InChI=1S/C17H15N5S/c1-12-6-2-3-7-14(12)21-17(23)22-19-11-13-10-18-15-8-4-5-9-16(15)20-13/h2-11H,1H3,(H2,21,22,23)/b19-11-. The van der Waals surface area contributed by atoms with E-state index in [1.54, 1.807) is 12.4 Å². The average Bonchev–Trinajstić information content (AvgIpc) is 2.57. The number of anilines is 1. The van der Waals surface area contributed by atoms with Gasteiger partial charge >= 0.3 is 0 Å². The van der Waals surface area contributed by atoms with Crippen LogP contribution in [-0.4, -0.2) is 21.3 Å². The summed E-state index contributed by atoms with van der Waals surface area (Å²) in [6.07, 6.45) is 3.26. The number of para-hydroxylation sites is 3. The molecule has 1 aromatic heterocycles. The number of nitrogens with one attached hydrogen (secondary N) is 2. The van der Waals surface area contributed by atoms with Crippen molar-refractivity contribution in [3.63, 3.8) is 0 Å². The third kappa shape index (κ3) is 3.87. The first kappa shape index (κ1) is 15.1. The van der Waals surface area contributed by atoms with E-state index in [2.05, 4.69) is 25.8 Å². The molecule has 0 saturated carbocycles. The number of aryl methyl sites for hydroxylation is 1. The molecule has 0 amide bonds. The number of nitrogens with zero attached hydrogens (tertiary/aromatic N) is 3. The number of thiocarbonyl (C=S) groups is 1. The van der Waals surface area contributed by atoms with Gasteiger partial charge in [-0.25, -0.2) is 4.98 Å². The van der Waals surface area contributed by atoms with Gasteiger partial charge in [0.25, 0.3) is 0 Å². The Morgan fingerprint density at radius 2 is 1.83 bits per heavy atom. The van der Waals surface area contributed by atoms with E-state index in [1.807, 2.05) is 55.5 Å². The van der Waals surface area contributed by atoms with Crippen molar-refractivity contribution < 1.29 is 0 Å². The predicted octanol–water partition coefficient (Wildman–Crippen LogP) is 3.26. The smallest absolute Gasteiger partial charge is 0.191 e. The first-order valence-electron chi connectivity index (χ1n) is 7.10. The van der Waals surface area contributed by atoms with Crippen LogP contribution in [0.3, 0.4) is 0 Å². The highest BCUT2D eigenvalue weighted by Gasteiger charge is 1.99. The van der Waals surface area contributed by atoms with Crippen LogP contribution in [0.1, 0.15) is 11.3 Å². The van der Waals surface area contributed by atoms with Crippen molar-refractivity contribution in [2.45, 2.75) is 6.92 Å². The van der Waals surface area contributed by atoms with Gasteiger partial charge in [0.05, 0.1) is 23.4 Å². The van der Waals surface area contributed by atoms with Crippen molar-refractivity contribution in [3.05, 3.63) is 66.0 Å². The van der Waals surface area contributed by atoms with Crippen molar-refractivity contribution in [1.29, 1.82) is 0 Å². The lowest BCUT2D eigenvalue weighted by atomic mass is 10.2. The van der Waals surface area contributed by atoms with E-state index in [4.69, 9.17) is 12.2 Å². The maximum Gasteiger partial charge on any atom is 0.191 e. The Morgan fingerprint density at radius 3 is 2.65 bits per heavy atom. The highest BCUT2D eigenvalue weighted by Crippen LogP contribution is 2.12. The van der Waals surface area contributed by atoms with Gasteiger partial charge in [0, 0.05) is 5.69 Å². The molecule has 0 fully saturated rings. The minimum atomic E-state index is 0.421. The van der Waals surface area contributed by atoms with Gasteiger partial charge in [-0.15, -0.1) is 0 Å². The van der Waals surface area contributed by atoms with Crippen molar-refractivity contribution in [1.82, 2.24) is 15.4 Å². The van der Waals surface area contributed by atoms with E-state index < -0.39 is 0 Å². The summed E-state index contributed by atoms with van der Waals surface area (Å²) in [6, 6.07) is 15.6. The molecule has 6 heteroatoms. The summed E-state index contributed by atoms with van der Waals surface area (Å²) >= 11 is 5.22. The van der Waals surface area contributed by atoms with Crippen LogP contribution in [0, 0.1) is 6.92 Å². The second-order valence-corrected chi connectivity index (χ2v) is 5.33. The number of hydrogen-bond acceptors (Lipinski definition) is 4. The van der Waals surface area contributed by atoms with Gasteiger partial charge in [0.1, 0.15) is 5.69 Å². The second-order valence-electron chi connectivity index (χ2n) is 4.92. The Kier molecular flexibility index (Phi) is 4.54. The molecule has 23 heavy (non-hydrogen) atoms. The van der Waals surface area contributed by atoms with Crippen molar-refractivity contribution in [2.75, 3.05) is 5.32 Å². The van der Waals surface area contributed by atoms with Crippen LogP contribution >= 0.6 is 12.2 Å². The molecule has 0 saturated heterocycles. The molecule has 2 N–H and O–H groups in total. The van der Waals surface area contributed by atoms with Crippen LogP contribution in [0.25, 0.3) is 11.0 Å². The van der Waals surface area contributed by atoms with Crippen molar-refractivity contribution in [3.8, 4) is 0 Å². The largest absolute Gasteiger partial charge is 0.331 e. The Morgan fingerprint density at radius 1 is 1.09 bits per heavy atom. The van der Waals surface area contributed by atoms with Crippen LogP contribution in [0.4, 0.5) is 5.69 Å². The minimum Gasteiger partial charge on any atom is -0.331 e. The SMILES string of the molecule is Cc1ccccc1NC(=S)N/N=C\c1cnc2ccccc2n1. The van der Waals surface area contributed by atoms with Gasteiger partial charge in [-0.3, -0.25) is 10.4 Å². The first-order chi connectivity index (χ1) is 11.2. The molecule has 1 heterocycles. The molecule has 0 aliphatic carbocycles. The number of aromatic nitrogens is 2. The molecular weight excluding hydrogens is 306 g/mol. The van der Waals surface area contributed by atoms with Gasteiger partial charge in [-0.05, 0) is 42.9 Å². The molecule has 0 radical (unpaired) electrons. The molecule has 0 unspecified atom stereocenters. The zero-order chi connectivity index (χ0) is 16.1. The molecule has 0 spiro atoms. The average molecular weight is 321 g/mol. The zero-order valence-corrected chi connectivity index (χ0v) is 13.3. The molecule has 0 bridgehead atoms. The lowest BCUT2D eigenvalue weighted by Gasteiger charge is -2.09. The number of benzene rings is 2. The maximum absolute atomic E-state index is 5.22. The summed E-state index contributed by atoms with van der Waals surface area (Å²) in [5.74, 6) is 0. The minimum absolute atomic E-state index is 0.421. The third-order valence-corrected chi connectivity index (χ3v) is 3.42. The zero-order valence-electron chi connectivity index (χ0n) is 12.5. The number of hydrogen-bond donors (Lipinski definition) is 2. The molecule has 0 aliphatic rings. The van der Waals surface area contributed by atoms with Gasteiger partial charge in [0.2, 0.25) is 0 Å². The van der Waals surface area contributed by atoms with Crippen LogP contribution < -0.4 is 10.7 Å². The molecule has 3 aromatic rings. The third-order valence-electron chi connectivity index (χ3n) is 3.22. The summed E-state index contributed by atoms with van der Waals surface area (Å²) in [6.45, 7) is 2.01. The van der Waals surface area contributed by atoms with Crippen LogP contribution in [-0.2, 0) is 0 Å². The summed E-state index contributed by atoms with van der Waals surface area (Å²) in [4.78, 5) is 8.78. The van der Waals surface area contributed by atoms with Gasteiger partial charge in [-0.1, -0.05) is 30.3 Å². The fraction of sp³-hybridized carbons (Fsp3) is 0.0588. The monoisotopic (exact) mass is 321 g/mol. The fourth-order valence-electron chi connectivity index (χ4n) is 2.05. The van der Waals surface area contributed by atoms with Gasteiger partial charge in [0.15, 0.2) is 5.11 Å². The summed E-state index contributed by atoms with van der Waals surface area (Å²) < 4.78 is 0. The summed E-state index contributed by atoms with van der Waals surface area (Å²) in [5.41, 5.74) is 7.19. The van der Waals surface area contributed by atoms with E-state index >= 15 is 0 Å². The second kappa shape index (κ2) is 6.93. The Labute approximate surface area is 139 Å². The van der Waals surface area contributed by atoms with E-state index in [0.29, 0.717) is 10.8 Å². The summed E-state index contributed by atoms with van der Waals surface area (Å²) in [7, 11) is 0. The van der Waals surface area contributed by atoms with Crippen LogP contribution in [0.5, 0.6) is 0 Å². The van der Waals surface area contributed by atoms with Gasteiger partial charge < -0.3 is 5.32 Å². The highest BCUT2D eigenvalue weighted by atomic mass is 32.1. The van der Waals surface area contributed by atoms with E-state index in [9.17, 15) is 0 Å². The first-order valence-corrected chi connectivity index (χ1v) is 7.51. The predicted molar refractivity (Wildman–Crippen MR) is 97.7 cm³/mol. The molecular formula is C17H15N5S. The molecule has 2 aromatic carbocycles. The number of rotatable bonds is 3. The number of fused-ring (bicyclic) bond motifs is 1.